The zero-order valence-corrected chi connectivity index (χ0v) is 18.8. The van der Waals surface area contributed by atoms with Crippen LogP contribution in [0.3, 0.4) is 0 Å². The van der Waals surface area contributed by atoms with Crippen molar-refractivity contribution in [1.29, 1.82) is 0 Å². The third-order valence-corrected chi connectivity index (χ3v) is 5.15. The number of likely N-dealkylation sites (tertiary alicyclic amines) is 1. The molecule has 2 aromatic heterocycles. The van der Waals surface area contributed by atoms with Crippen LogP contribution >= 0.6 is 0 Å². The Bertz CT molecular complexity index is 588. The van der Waals surface area contributed by atoms with Gasteiger partial charge < -0.3 is 13.7 Å². The van der Waals surface area contributed by atoms with E-state index in [9.17, 15) is 0 Å². The average molecular weight is 376 g/mol. The van der Waals surface area contributed by atoms with Gasteiger partial charge in [-0.2, -0.15) is 0 Å². The predicted molar refractivity (Wildman–Crippen MR) is 115 cm³/mol. The Morgan fingerprint density at radius 3 is 1.78 bits per heavy atom. The van der Waals surface area contributed by atoms with Crippen molar-refractivity contribution < 1.29 is 8.83 Å². The van der Waals surface area contributed by atoms with Gasteiger partial charge in [0.1, 0.15) is 17.3 Å². The molecule has 1 aliphatic heterocycles. The normalized spacial score (nSPS) is 15.5. The number of nitrogens with zero attached hydrogens (tertiary/aromatic N) is 1. The molecule has 27 heavy (non-hydrogen) atoms. The van der Waals surface area contributed by atoms with Gasteiger partial charge in [0.05, 0.1) is 6.26 Å². The fourth-order valence-electron chi connectivity index (χ4n) is 3.08. The van der Waals surface area contributed by atoms with Gasteiger partial charge in [-0.3, -0.25) is 0 Å². The maximum atomic E-state index is 5.34. The summed E-state index contributed by atoms with van der Waals surface area (Å²) in [5, 5.41) is 0. The minimum Gasteiger partial charge on any atom is -0.469 e. The second-order valence-electron chi connectivity index (χ2n) is 8.66. The van der Waals surface area contributed by atoms with Gasteiger partial charge in [-0.15, -0.1) is 0 Å². The number of aryl methyl sites for hydroxylation is 1. The van der Waals surface area contributed by atoms with Gasteiger partial charge in [-0.25, -0.2) is 0 Å². The number of rotatable bonds is 3. The first-order valence-corrected chi connectivity index (χ1v) is 10.5. The fourth-order valence-corrected chi connectivity index (χ4v) is 3.08. The largest absolute Gasteiger partial charge is 0.469 e. The van der Waals surface area contributed by atoms with Gasteiger partial charge in [0.2, 0.25) is 0 Å². The highest BCUT2D eigenvalue weighted by Crippen LogP contribution is 2.23. The lowest BCUT2D eigenvalue weighted by atomic mass is 9.87. The van der Waals surface area contributed by atoms with Gasteiger partial charge >= 0.3 is 0 Å². The summed E-state index contributed by atoms with van der Waals surface area (Å²) in [6.07, 6.45) is 4.53. The molecule has 0 bridgehead atoms. The fraction of sp³-hybridized carbons (Fsp3) is 0.667. The van der Waals surface area contributed by atoms with Crippen molar-refractivity contribution in [2.45, 2.75) is 73.1 Å². The van der Waals surface area contributed by atoms with E-state index in [2.05, 4.69) is 53.5 Å². The lowest BCUT2D eigenvalue weighted by molar-refractivity contribution is 0.185. The first-order valence-electron chi connectivity index (χ1n) is 10.5. The van der Waals surface area contributed by atoms with Crippen LogP contribution in [0.2, 0.25) is 0 Å². The Balaban J connectivity index is 0.000000204. The molecule has 1 fully saturated rings. The summed E-state index contributed by atoms with van der Waals surface area (Å²) >= 11 is 0. The molecule has 0 unspecified atom stereocenters. The monoisotopic (exact) mass is 375 g/mol. The molecule has 0 amide bonds. The molecule has 0 atom stereocenters. The number of hydrogen-bond donors (Lipinski definition) is 0. The van der Waals surface area contributed by atoms with E-state index in [1.807, 2.05) is 31.2 Å². The maximum absolute atomic E-state index is 5.34. The summed E-state index contributed by atoms with van der Waals surface area (Å²) in [7, 11) is 2.22. The minimum absolute atomic E-state index is 0.513. The highest BCUT2D eigenvalue weighted by molar-refractivity contribution is 5.08. The molecule has 0 aliphatic carbocycles. The van der Waals surface area contributed by atoms with E-state index in [4.69, 9.17) is 8.83 Å². The molecule has 0 saturated carbocycles. The quantitative estimate of drug-likeness (QED) is 0.573. The Kier molecular flexibility index (Phi) is 10.5. The SMILES string of the molecule is CC(C)C1CCN(C)CC1.CC(C)c1ccco1.Cc1ccc(C(C)C)o1. The molecule has 154 valence electrons. The van der Waals surface area contributed by atoms with Crippen LogP contribution in [-0.2, 0) is 0 Å². The molecule has 3 nitrogen and oxygen atoms in total. The second-order valence-corrected chi connectivity index (χ2v) is 8.66. The van der Waals surface area contributed by atoms with E-state index in [-0.39, 0.29) is 0 Å². The molecule has 3 rings (SSSR count). The summed E-state index contributed by atoms with van der Waals surface area (Å²) in [6.45, 7) is 17.7. The van der Waals surface area contributed by atoms with Crippen LogP contribution in [0.15, 0.2) is 39.4 Å². The van der Waals surface area contributed by atoms with Gasteiger partial charge in [0.25, 0.3) is 0 Å². The van der Waals surface area contributed by atoms with Crippen molar-refractivity contribution in [2.75, 3.05) is 20.1 Å². The van der Waals surface area contributed by atoms with Crippen molar-refractivity contribution in [3.8, 4) is 0 Å². The van der Waals surface area contributed by atoms with E-state index >= 15 is 0 Å². The highest BCUT2D eigenvalue weighted by atomic mass is 16.3. The Hall–Kier alpha value is -1.48. The average Bonchev–Trinajstić information content (AvgIpc) is 3.28. The summed E-state index contributed by atoms with van der Waals surface area (Å²) < 4.78 is 10.4. The van der Waals surface area contributed by atoms with Gasteiger partial charge in [0.15, 0.2) is 0 Å². The second kappa shape index (κ2) is 12.1. The predicted octanol–water partition coefficient (Wildman–Crippen LogP) is 7.10. The lowest BCUT2D eigenvalue weighted by Gasteiger charge is -2.31. The molecule has 0 spiro atoms. The Morgan fingerprint density at radius 2 is 1.48 bits per heavy atom. The van der Waals surface area contributed by atoms with E-state index < -0.39 is 0 Å². The van der Waals surface area contributed by atoms with Crippen LogP contribution in [-0.4, -0.2) is 25.0 Å². The molecule has 3 heterocycles. The molecule has 0 aromatic carbocycles. The molecular formula is C24H41NO2. The summed E-state index contributed by atoms with van der Waals surface area (Å²) in [4.78, 5) is 2.43. The topological polar surface area (TPSA) is 29.5 Å². The molecule has 0 radical (unpaired) electrons. The van der Waals surface area contributed by atoms with E-state index in [0.29, 0.717) is 11.8 Å². The van der Waals surface area contributed by atoms with Crippen molar-refractivity contribution in [3.05, 3.63) is 47.8 Å². The van der Waals surface area contributed by atoms with E-state index in [1.54, 1.807) is 6.26 Å². The van der Waals surface area contributed by atoms with Gasteiger partial charge in [-0.1, -0.05) is 41.5 Å². The van der Waals surface area contributed by atoms with Crippen LogP contribution in [0.1, 0.15) is 83.5 Å². The summed E-state index contributed by atoms with van der Waals surface area (Å²) in [6, 6.07) is 7.93. The maximum Gasteiger partial charge on any atom is 0.106 e. The molecule has 0 N–H and O–H groups in total. The first-order chi connectivity index (χ1) is 12.7. The molecule has 3 heteroatoms. The van der Waals surface area contributed by atoms with Crippen molar-refractivity contribution in [3.63, 3.8) is 0 Å². The van der Waals surface area contributed by atoms with E-state index in [1.165, 1.54) is 25.9 Å². The molecule has 2 aromatic rings. The summed E-state index contributed by atoms with van der Waals surface area (Å²) in [5.74, 6) is 6.06. The van der Waals surface area contributed by atoms with Crippen LogP contribution in [0, 0.1) is 18.8 Å². The van der Waals surface area contributed by atoms with Crippen molar-refractivity contribution in [2.24, 2.45) is 11.8 Å². The highest BCUT2D eigenvalue weighted by Gasteiger charge is 2.18. The van der Waals surface area contributed by atoms with Crippen molar-refractivity contribution in [1.82, 2.24) is 4.90 Å². The number of furan rings is 2. The summed E-state index contributed by atoms with van der Waals surface area (Å²) in [5.41, 5.74) is 0. The zero-order valence-electron chi connectivity index (χ0n) is 18.8. The molecular weight excluding hydrogens is 334 g/mol. The lowest BCUT2D eigenvalue weighted by Crippen LogP contribution is -2.32. The minimum atomic E-state index is 0.513. The smallest absolute Gasteiger partial charge is 0.106 e. The van der Waals surface area contributed by atoms with Gasteiger partial charge in [-0.05, 0) is 76.0 Å². The standard InChI is InChI=1S/C9H19N.C8H12O.C7H10O/c1-8(2)9-4-6-10(3)7-5-9;1-6(2)8-5-4-7(3)9-8;1-6(2)7-4-3-5-8-7/h8-9H,4-7H2,1-3H3;4-6H,1-3H3;3-6H,1-2H3. The van der Waals surface area contributed by atoms with Crippen molar-refractivity contribution >= 4 is 0 Å². The third kappa shape index (κ3) is 9.32. The van der Waals surface area contributed by atoms with Crippen LogP contribution in [0.5, 0.6) is 0 Å². The third-order valence-electron chi connectivity index (χ3n) is 5.15. The van der Waals surface area contributed by atoms with E-state index in [0.717, 1.165) is 29.1 Å². The Labute approximate surface area is 167 Å². The van der Waals surface area contributed by atoms with Gasteiger partial charge in [0, 0.05) is 11.8 Å². The van der Waals surface area contributed by atoms with Crippen LogP contribution in [0.25, 0.3) is 0 Å². The molecule has 1 aliphatic rings. The first kappa shape index (κ1) is 23.6. The zero-order chi connectivity index (χ0) is 20.4. The number of piperidine rings is 1. The Morgan fingerprint density at radius 1 is 0.889 bits per heavy atom. The van der Waals surface area contributed by atoms with Crippen LogP contribution in [0.4, 0.5) is 0 Å². The number of hydrogen-bond acceptors (Lipinski definition) is 3. The molecule has 1 saturated heterocycles. The van der Waals surface area contributed by atoms with Crippen LogP contribution < -0.4 is 0 Å².